The molecule has 1 N–H and O–H groups in total. The Morgan fingerprint density at radius 2 is 1.22 bits per heavy atom. The van der Waals surface area contributed by atoms with Gasteiger partial charge in [0, 0.05) is 12.5 Å². The van der Waals surface area contributed by atoms with Gasteiger partial charge in [0.2, 0.25) is 6.29 Å². The van der Waals surface area contributed by atoms with E-state index in [9.17, 15) is 74.4 Å². The van der Waals surface area contributed by atoms with E-state index in [-0.39, 0.29) is 6.42 Å². The van der Waals surface area contributed by atoms with Crippen molar-refractivity contribution in [2.24, 2.45) is 0 Å². The van der Waals surface area contributed by atoms with Gasteiger partial charge in [-0.1, -0.05) is 69.0 Å². The van der Waals surface area contributed by atoms with E-state index in [1.54, 1.807) is 0 Å². The third-order valence-corrected chi connectivity index (χ3v) is 11.0. The van der Waals surface area contributed by atoms with Crippen molar-refractivity contribution in [3.05, 3.63) is 42.5 Å². The number of ether oxygens (including phenoxy) is 2. The van der Waals surface area contributed by atoms with Crippen molar-refractivity contribution in [3.8, 4) is 5.75 Å². The molecule has 1 atom stereocenters. The van der Waals surface area contributed by atoms with Gasteiger partial charge in [0.05, 0.1) is 5.56 Å². The summed E-state index contributed by atoms with van der Waals surface area (Å²) in [6, 6.07) is 1.89. The molecule has 0 aromatic heterocycles. The first-order valence-corrected chi connectivity index (χ1v) is 18.6. The molecular formula is C26H32F9NO11S3. The number of alkyl halides is 9. The standard InChI is InChI=1S/C26H32F9NO11S3/c1-3-5-6-7-8-9-10-11-12-13-21(45-20(37)4-2)46-22(38)18-14-16-19(17-15-18)47-50(43,44)25(31,32)23(27,28)24(29,30)48(39,40)36-49(41,42)26(33,34)35/h4,14-17,21,36H,2-3,5-13H2,1H3. The van der Waals surface area contributed by atoms with E-state index in [2.05, 4.69) is 17.7 Å². The highest BCUT2D eigenvalue weighted by Crippen LogP contribution is 2.51. The second-order valence-corrected chi connectivity index (χ2v) is 15.5. The molecule has 1 unspecified atom stereocenters. The first-order valence-electron chi connectivity index (χ1n) is 14.3. The summed E-state index contributed by atoms with van der Waals surface area (Å²) in [7, 11) is -22.8. The summed E-state index contributed by atoms with van der Waals surface area (Å²) >= 11 is 0. The lowest BCUT2D eigenvalue weighted by atomic mass is 10.1. The van der Waals surface area contributed by atoms with E-state index in [0.29, 0.717) is 37.1 Å². The number of halogens is 9. The molecule has 0 fully saturated rings. The lowest BCUT2D eigenvalue weighted by Crippen LogP contribution is -2.64. The molecule has 0 saturated heterocycles. The average molecular weight is 802 g/mol. The summed E-state index contributed by atoms with van der Waals surface area (Å²) in [6.07, 6.45) is 7.70. The minimum Gasteiger partial charge on any atom is -0.422 e. The van der Waals surface area contributed by atoms with Crippen molar-refractivity contribution >= 4 is 42.1 Å². The molecule has 50 heavy (non-hydrogen) atoms. The molecule has 0 heterocycles. The van der Waals surface area contributed by atoms with Crippen molar-refractivity contribution in [2.45, 2.75) is 99.4 Å². The molecule has 0 saturated carbocycles. The van der Waals surface area contributed by atoms with Crippen LogP contribution in [0.4, 0.5) is 39.5 Å². The average Bonchev–Trinajstić information content (AvgIpc) is 2.98. The predicted octanol–water partition coefficient (Wildman–Crippen LogP) is 6.12. The third-order valence-electron chi connectivity index (χ3n) is 6.40. The highest BCUT2D eigenvalue weighted by molar-refractivity contribution is 8.05. The molecule has 1 rings (SSSR count). The van der Waals surface area contributed by atoms with Crippen molar-refractivity contribution in [2.75, 3.05) is 0 Å². The van der Waals surface area contributed by atoms with Crippen LogP contribution in [0.3, 0.4) is 0 Å². The first-order chi connectivity index (χ1) is 22.7. The van der Waals surface area contributed by atoms with Gasteiger partial charge in [-0.15, -0.1) is 0 Å². The number of carbonyl (C=O) groups excluding carboxylic acids is 2. The summed E-state index contributed by atoms with van der Waals surface area (Å²) in [4.78, 5) is 24.2. The number of hydrogen-bond donors (Lipinski definition) is 1. The van der Waals surface area contributed by atoms with Crippen LogP contribution in [0.15, 0.2) is 36.9 Å². The second-order valence-electron chi connectivity index (χ2n) is 10.3. The number of unbranched alkanes of at least 4 members (excludes halogenated alkanes) is 8. The number of hydrogen-bond acceptors (Lipinski definition) is 11. The molecular weight excluding hydrogens is 769 g/mol. The summed E-state index contributed by atoms with van der Waals surface area (Å²) in [5.41, 5.74) is -7.22. The van der Waals surface area contributed by atoms with Gasteiger partial charge in [-0.2, -0.15) is 47.9 Å². The molecule has 12 nitrogen and oxygen atoms in total. The molecule has 1 aromatic rings. The van der Waals surface area contributed by atoms with Crippen molar-refractivity contribution < 1.29 is 88.0 Å². The number of benzene rings is 1. The van der Waals surface area contributed by atoms with Gasteiger partial charge in [-0.3, -0.25) is 0 Å². The van der Waals surface area contributed by atoms with Crippen LogP contribution in [0.1, 0.15) is 81.5 Å². The minimum atomic E-state index is -7.95. The second kappa shape index (κ2) is 17.4. The van der Waals surface area contributed by atoms with Crippen LogP contribution in [0, 0.1) is 0 Å². The molecule has 0 bridgehead atoms. The van der Waals surface area contributed by atoms with Gasteiger partial charge < -0.3 is 13.7 Å². The van der Waals surface area contributed by atoms with E-state index in [1.807, 2.05) is 0 Å². The van der Waals surface area contributed by atoms with Gasteiger partial charge in [-0.05, 0) is 30.7 Å². The van der Waals surface area contributed by atoms with Crippen molar-refractivity contribution in [1.29, 1.82) is 0 Å². The highest BCUT2D eigenvalue weighted by Gasteiger charge is 2.83. The maximum Gasteiger partial charge on any atom is 0.512 e. The monoisotopic (exact) mass is 801 g/mol. The Morgan fingerprint density at radius 1 is 0.740 bits per heavy atom. The van der Waals surface area contributed by atoms with Gasteiger partial charge in [0.1, 0.15) is 5.75 Å². The fourth-order valence-corrected chi connectivity index (χ4v) is 7.09. The van der Waals surface area contributed by atoms with Crippen LogP contribution in [-0.2, 0) is 44.4 Å². The SMILES string of the molecule is C=CC(=O)OC(CCCCCCCCCCC)OC(=O)c1ccc(OS(=O)(=O)C(F)(F)C(F)(F)C(F)(F)S(=O)(=O)NS(=O)(=O)C(F)(F)F)cc1. The van der Waals surface area contributed by atoms with Crippen LogP contribution < -0.4 is 8.31 Å². The molecule has 0 amide bonds. The zero-order valence-electron chi connectivity index (χ0n) is 25.9. The molecule has 0 aliphatic carbocycles. The van der Waals surface area contributed by atoms with Gasteiger partial charge in [0.15, 0.2) is 0 Å². The minimum absolute atomic E-state index is 0.0297. The van der Waals surface area contributed by atoms with E-state index < -0.39 is 85.8 Å². The van der Waals surface area contributed by atoms with Crippen LogP contribution >= 0.6 is 0 Å². The van der Waals surface area contributed by atoms with Crippen LogP contribution in [0.2, 0.25) is 0 Å². The van der Waals surface area contributed by atoms with E-state index in [4.69, 9.17) is 9.47 Å². The Kier molecular flexibility index (Phi) is 15.6. The third kappa shape index (κ3) is 11.2. The maximum atomic E-state index is 14.3. The topological polar surface area (TPSA) is 176 Å². The Morgan fingerprint density at radius 3 is 1.68 bits per heavy atom. The molecule has 0 spiro atoms. The van der Waals surface area contributed by atoms with Crippen LogP contribution in [0.25, 0.3) is 0 Å². The quantitative estimate of drug-likeness (QED) is 0.0357. The summed E-state index contributed by atoms with van der Waals surface area (Å²) in [6.45, 7) is 5.29. The Balaban J connectivity index is 3.06. The van der Waals surface area contributed by atoms with Gasteiger partial charge >= 0.3 is 54.0 Å². The Bertz CT molecular complexity index is 1650. The fraction of sp³-hybridized carbons (Fsp3) is 0.615. The van der Waals surface area contributed by atoms with E-state index in [0.717, 1.165) is 51.0 Å². The number of rotatable bonds is 22. The van der Waals surface area contributed by atoms with Gasteiger partial charge in [-0.25, -0.2) is 26.4 Å². The number of carbonyl (C=O) groups is 2. The van der Waals surface area contributed by atoms with E-state index in [1.165, 1.54) is 0 Å². The number of esters is 2. The largest absolute Gasteiger partial charge is 0.512 e. The number of nitrogens with one attached hydrogen (secondary N) is 1. The lowest BCUT2D eigenvalue weighted by Gasteiger charge is -2.31. The van der Waals surface area contributed by atoms with E-state index >= 15 is 0 Å². The first kappa shape index (κ1) is 44.9. The molecule has 1 aromatic carbocycles. The van der Waals surface area contributed by atoms with Crippen molar-refractivity contribution in [1.82, 2.24) is 4.13 Å². The number of sulfonamides is 2. The molecule has 24 heteroatoms. The summed E-state index contributed by atoms with van der Waals surface area (Å²) in [5, 5.41) is -14.8. The molecule has 0 aliphatic rings. The zero-order valence-corrected chi connectivity index (χ0v) is 28.3. The Labute approximate surface area is 281 Å². The summed E-state index contributed by atoms with van der Waals surface area (Å²) < 4.78 is 204. The normalized spacial score (nSPS) is 14.1. The zero-order chi connectivity index (χ0) is 38.8. The predicted molar refractivity (Wildman–Crippen MR) is 155 cm³/mol. The molecule has 288 valence electrons. The lowest BCUT2D eigenvalue weighted by molar-refractivity contribution is -0.245. The van der Waals surface area contributed by atoms with Gasteiger partial charge in [0.25, 0.3) is 10.0 Å². The molecule has 0 radical (unpaired) electrons. The highest BCUT2D eigenvalue weighted by atomic mass is 32.3. The maximum absolute atomic E-state index is 14.3. The Hall–Kier alpha value is -3.12. The smallest absolute Gasteiger partial charge is 0.422 e. The van der Waals surface area contributed by atoms with Crippen LogP contribution in [0.5, 0.6) is 5.75 Å². The van der Waals surface area contributed by atoms with Crippen molar-refractivity contribution in [3.63, 3.8) is 0 Å². The fourth-order valence-electron chi connectivity index (χ4n) is 3.69. The van der Waals surface area contributed by atoms with Crippen LogP contribution in [-0.4, -0.2) is 65.4 Å². The summed E-state index contributed by atoms with van der Waals surface area (Å²) in [5.74, 6) is -11.3. The molecule has 0 aliphatic heterocycles.